The molecule has 2 aromatic heterocycles. The molecule has 2 aliphatic rings. The minimum Gasteiger partial charge on any atom is -0.367 e. The summed E-state index contributed by atoms with van der Waals surface area (Å²) in [6.07, 6.45) is 4.69. The summed E-state index contributed by atoms with van der Waals surface area (Å²) in [5.41, 5.74) is 3.04. The summed E-state index contributed by atoms with van der Waals surface area (Å²) in [6.45, 7) is 5.29. The quantitative estimate of drug-likeness (QED) is 0.900. The van der Waals surface area contributed by atoms with Crippen LogP contribution in [-0.4, -0.2) is 49.5 Å². The molecule has 0 aromatic carbocycles. The van der Waals surface area contributed by atoms with E-state index in [9.17, 15) is 4.79 Å². The number of amides is 1. The van der Waals surface area contributed by atoms with Crippen LogP contribution in [0.25, 0.3) is 0 Å². The third-order valence-electron chi connectivity index (χ3n) is 4.75. The van der Waals surface area contributed by atoms with Crippen molar-refractivity contribution >= 4 is 23.3 Å². The second-order valence-corrected chi connectivity index (χ2v) is 7.41. The molecule has 7 nitrogen and oxygen atoms in total. The van der Waals surface area contributed by atoms with Gasteiger partial charge in [-0.15, -0.1) is 5.10 Å². The lowest BCUT2D eigenvalue weighted by Gasteiger charge is -2.19. The Balaban J connectivity index is 1.56. The molecule has 3 heterocycles. The van der Waals surface area contributed by atoms with E-state index >= 15 is 0 Å². The average molecular weight is 358 g/mol. The number of carbonyl (C=O) groups excluding carboxylic acids is 1. The Bertz CT molecular complexity index is 800. The molecule has 2 aromatic rings. The lowest BCUT2D eigenvalue weighted by atomic mass is 10.1. The van der Waals surface area contributed by atoms with Gasteiger partial charge in [0.1, 0.15) is 16.5 Å². The molecule has 1 aliphatic heterocycles. The van der Waals surface area contributed by atoms with Gasteiger partial charge in [0, 0.05) is 31.1 Å². The Labute approximate surface area is 151 Å². The van der Waals surface area contributed by atoms with Crippen LogP contribution in [0.2, 0.25) is 0 Å². The lowest BCUT2D eigenvalue weighted by Crippen LogP contribution is -2.33. The van der Waals surface area contributed by atoms with E-state index in [1.54, 1.807) is 0 Å². The highest BCUT2D eigenvalue weighted by molar-refractivity contribution is 7.08. The zero-order valence-electron chi connectivity index (χ0n) is 14.6. The molecule has 0 radical (unpaired) electrons. The van der Waals surface area contributed by atoms with E-state index in [1.165, 1.54) is 29.9 Å². The number of nitrogens with zero attached hydrogens (tertiary/aromatic N) is 5. The van der Waals surface area contributed by atoms with Gasteiger partial charge in [-0.1, -0.05) is 11.4 Å². The molecular weight excluding hydrogens is 336 g/mol. The van der Waals surface area contributed by atoms with Crippen molar-refractivity contribution in [3.63, 3.8) is 0 Å². The number of fused-ring (bicyclic) bond motifs is 1. The minimum atomic E-state index is 0.0426. The van der Waals surface area contributed by atoms with Crippen molar-refractivity contribution in [2.45, 2.75) is 52.0 Å². The van der Waals surface area contributed by atoms with E-state index in [-0.39, 0.29) is 5.91 Å². The lowest BCUT2D eigenvalue weighted by molar-refractivity contribution is 0.0766. The molecule has 0 spiro atoms. The van der Waals surface area contributed by atoms with Gasteiger partial charge in [0.25, 0.3) is 5.91 Å². The first-order chi connectivity index (χ1) is 12.2. The van der Waals surface area contributed by atoms with E-state index in [1.807, 2.05) is 18.7 Å². The molecule has 1 saturated carbocycles. The molecule has 0 atom stereocenters. The van der Waals surface area contributed by atoms with Gasteiger partial charge < -0.3 is 10.2 Å². The fraction of sp³-hybridized carbons (Fsp3) is 0.588. The maximum absolute atomic E-state index is 12.9. The van der Waals surface area contributed by atoms with Crippen molar-refractivity contribution in [3.8, 4) is 0 Å². The third kappa shape index (κ3) is 3.35. The summed E-state index contributed by atoms with van der Waals surface area (Å²) in [6, 6.07) is 0.551. The van der Waals surface area contributed by atoms with Crippen LogP contribution in [0.5, 0.6) is 0 Å². The average Bonchev–Trinajstić information content (AvgIpc) is 3.32. The summed E-state index contributed by atoms with van der Waals surface area (Å²) in [5.74, 6) is 1.80. The smallest absolute Gasteiger partial charge is 0.267 e. The van der Waals surface area contributed by atoms with Crippen molar-refractivity contribution in [1.82, 2.24) is 24.5 Å². The molecular formula is C17H22N6OS. The van der Waals surface area contributed by atoms with Crippen molar-refractivity contribution in [3.05, 3.63) is 27.7 Å². The zero-order chi connectivity index (χ0) is 17.4. The van der Waals surface area contributed by atoms with Crippen LogP contribution in [0.4, 0.5) is 5.82 Å². The second-order valence-electron chi connectivity index (χ2n) is 6.66. The number of aromatic nitrogens is 4. The predicted molar refractivity (Wildman–Crippen MR) is 96.0 cm³/mol. The summed E-state index contributed by atoms with van der Waals surface area (Å²) in [5, 5.41) is 7.60. The van der Waals surface area contributed by atoms with Gasteiger partial charge in [0.15, 0.2) is 0 Å². The minimum absolute atomic E-state index is 0.0426. The van der Waals surface area contributed by atoms with Gasteiger partial charge in [-0.3, -0.25) is 4.79 Å². The Kier molecular flexibility index (Phi) is 4.37. The highest BCUT2D eigenvalue weighted by Crippen LogP contribution is 2.28. The molecule has 0 saturated heterocycles. The standard InChI is InChI=1S/C17H22N6OS/c1-3-13-15(25-22-21-13)17(24)23-8-6-12-14(7-9-23)18-10(2)19-16(12)20-11-4-5-11/h11H,3-9H2,1-2H3,(H,18,19,20). The van der Waals surface area contributed by atoms with Crippen LogP contribution in [0.15, 0.2) is 0 Å². The maximum Gasteiger partial charge on any atom is 0.267 e. The van der Waals surface area contributed by atoms with Gasteiger partial charge >= 0.3 is 0 Å². The highest BCUT2D eigenvalue weighted by atomic mass is 32.1. The summed E-state index contributed by atoms with van der Waals surface area (Å²) in [7, 11) is 0. The first kappa shape index (κ1) is 16.4. The molecule has 132 valence electrons. The maximum atomic E-state index is 12.9. The van der Waals surface area contributed by atoms with Gasteiger partial charge in [0.05, 0.1) is 11.4 Å². The normalized spacial score (nSPS) is 17.1. The van der Waals surface area contributed by atoms with Crippen LogP contribution >= 0.6 is 11.5 Å². The first-order valence-corrected chi connectivity index (χ1v) is 9.66. The molecule has 1 aliphatic carbocycles. The Morgan fingerprint density at radius 1 is 1.28 bits per heavy atom. The van der Waals surface area contributed by atoms with Crippen LogP contribution in [0, 0.1) is 6.92 Å². The van der Waals surface area contributed by atoms with Gasteiger partial charge in [-0.2, -0.15) is 0 Å². The zero-order valence-corrected chi connectivity index (χ0v) is 15.4. The van der Waals surface area contributed by atoms with Crippen molar-refractivity contribution < 1.29 is 4.79 Å². The van der Waals surface area contributed by atoms with Gasteiger partial charge in [-0.25, -0.2) is 9.97 Å². The molecule has 0 bridgehead atoms. The molecule has 8 heteroatoms. The summed E-state index contributed by atoms with van der Waals surface area (Å²) < 4.78 is 3.95. The second kappa shape index (κ2) is 6.67. The number of nitrogens with one attached hydrogen (secondary N) is 1. The Hall–Kier alpha value is -2.09. The SMILES string of the molecule is CCc1nnsc1C(=O)N1CCc2nc(C)nc(NC3CC3)c2CC1. The summed E-state index contributed by atoms with van der Waals surface area (Å²) in [4.78, 5) is 24.7. The number of rotatable bonds is 4. The Morgan fingerprint density at radius 3 is 2.84 bits per heavy atom. The van der Waals surface area contributed by atoms with Crippen molar-refractivity contribution in [2.75, 3.05) is 18.4 Å². The summed E-state index contributed by atoms with van der Waals surface area (Å²) >= 11 is 1.20. The predicted octanol–water partition coefficient (Wildman–Crippen LogP) is 2.01. The van der Waals surface area contributed by atoms with Crippen molar-refractivity contribution in [2.24, 2.45) is 0 Å². The Morgan fingerprint density at radius 2 is 2.08 bits per heavy atom. The number of aryl methyl sites for hydroxylation is 2. The molecule has 1 amide bonds. The topological polar surface area (TPSA) is 83.9 Å². The third-order valence-corrected chi connectivity index (χ3v) is 5.50. The van der Waals surface area contributed by atoms with Crippen LogP contribution in [0.3, 0.4) is 0 Å². The van der Waals surface area contributed by atoms with Gasteiger partial charge in [0.2, 0.25) is 0 Å². The molecule has 4 rings (SSSR count). The number of carbonyl (C=O) groups is 1. The highest BCUT2D eigenvalue weighted by Gasteiger charge is 2.28. The number of hydrogen-bond acceptors (Lipinski definition) is 7. The fourth-order valence-electron chi connectivity index (χ4n) is 3.21. The first-order valence-electron chi connectivity index (χ1n) is 8.89. The van der Waals surface area contributed by atoms with E-state index in [2.05, 4.69) is 24.9 Å². The van der Waals surface area contributed by atoms with E-state index in [4.69, 9.17) is 0 Å². The van der Waals surface area contributed by atoms with Crippen molar-refractivity contribution in [1.29, 1.82) is 0 Å². The van der Waals surface area contributed by atoms with E-state index in [0.717, 1.165) is 42.3 Å². The largest absolute Gasteiger partial charge is 0.367 e. The van der Waals surface area contributed by atoms with E-state index < -0.39 is 0 Å². The molecule has 25 heavy (non-hydrogen) atoms. The van der Waals surface area contributed by atoms with Crippen LogP contribution in [-0.2, 0) is 19.3 Å². The van der Waals surface area contributed by atoms with E-state index in [0.29, 0.717) is 24.0 Å². The molecule has 1 fully saturated rings. The van der Waals surface area contributed by atoms with Crippen LogP contribution < -0.4 is 5.32 Å². The van der Waals surface area contributed by atoms with Gasteiger partial charge in [-0.05, 0) is 44.1 Å². The number of anilines is 1. The monoisotopic (exact) mass is 358 g/mol. The molecule has 1 N–H and O–H groups in total. The molecule has 0 unspecified atom stereocenters. The van der Waals surface area contributed by atoms with Crippen LogP contribution in [0.1, 0.15) is 52.2 Å². The fourth-order valence-corrected chi connectivity index (χ4v) is 3.93. The number of hydrogen-bond donors (Lipinski definition) is 1.